The Morgan fingerprint density at radius 2 is 1.80 bits per heavy atom. The average molecular weight is 468 g/mol. The second kappa shape index (κ2) is 6.31. The molecule has 0 aliphatic heterocycles. The fourth-order valence-electron chi connectivity index (χ4n) is 1.58. The number of sulfonamides is 1. The fourth-order valence-corrected chi connectivity index (χ4v) is 3.36. The van der Waals surface area contributed by atoms with Crippen LogP contribution in [0, 0.1) is 3.57 Å². The minimum absolute atomic E-state index is 0.208. The highest BCUT2D eigenvalue weighted by Crippen LogP contribution is 2.30. The molecule has 0 bridgehead atoms. The number of benzene rings is 2. The van der Waals surface area contributed by atoms with Gasteiger partial charge in [0.25, 0.3) is 10.0 Å². The molecule has 0 aliphatic carbocycles. The zero-order valence-corrected chi connectivity index (χ0v) is 15.0. The van der Waals surface area contributed by atoms with E-state index in [0.29, 0.717) is 11.4 Å². The zero-order chi connectivity index (χ0) is 14.8. The van der Waals surface area contributed by atoms with Gasteiger partial charge in [-0.15, -0.1) is 0 Å². The van der Waals surface area contributed by atoms with Gasteiger partial charge in [0.05, 0.1) is 17.7 Å². The first-order valence-electron chi connectivity index (χ1n) is 5.54. The lowest BCUT2D eigenvalue weighted by Gasteiger charge is -2.12. The molecule has 0 saturated carbocycles. The van der Waals surface area contributed by atoms with E-state index < -0.39 is 10.0 Å². The highest BCUT2D eigenvalue weighted by molar-refractivity contribution is 14.1. The molecule has 1 N–H and O–H groups in total. The van der Waals surface area contributed by atoms with E-state index >= 15 is 0 Å². The summed E-state index contributed by atoms with van der Waals surface area (Å²) in [6.07, 6.45) is 0. The standard InChI is InChI=1S/C13H11BrINO3S/c1-19-13-7-2-9(14)8-12(13)16-20(17,18)11-5-3-10(15)4-6-11/h2-8,16H,1H3. The molecule has 0 unspecified atom stereocenters. The molecule has 0 aliphatic rings. The molecule has 20 heavy (non-hydrogen) atoms. The highest BCUT2D eigenvalue weighted by Gasteiger charge is 2.16. The Morgan fingerprint density at radius 3 is 2.40 bits per heavy atom. The molecule has 2 aromatic rings. The van der Waals surface area contributed by atoms with E-state index in [1.165, 1.54) is 7.11 Å². The summed E-state index contributed by atoms with van der Waals surface area (Å²) in [4.78, 5) is 0.208. The van der Waals surface area contributed by atoms with Crippen LogP contribution in [-0.4, -0.2) is 15.5 Å². The predicted octanol–water partition coefficient (Wildman–Crippen LogP) is 3.86. The third-order valence-electron chi connectivity index (χ3n) is 2.53. The van der Waals surface area contributed by atoms with Gasteiger partial charge in [0, 0.05) is 8.04 Å². The van der Waals surface area contributed by atoms with E-state index in [-0.39, 0.29) is 4.90 Å². The van der Waals surface area contributed by atoms with Crippen LogP contribution in [0.25, 0.3) is 0 Å². The maximum absolute atomic E-state index is 12.3. The number of methoxy groups -OCH3 is 1. The van der Waals surface area contributed by atoms with Gasteiger partial charge in [-0.3, -0.25) is 4.72 Å². The first-order valence-corrected chi connectivity index (χ1v) is 8.90. The summed E-state index contributed by atoms with van der Waals surface area (Å²) < 4.78 is 34.0. The minimum Gasteiger partial charge on any atom is -0.495 e. The molecule has 4 nitrogen and oxygen atoms in total. The minimum atomic E-state index is -3.63. The Kier molecular flexibility index (Phi) is 4.92. The van der Waals surface area contributed by atoms with Crippen LogP contribution in [0.5, 0.6) is 5.75 Å². The van der Waals surface area contributed by atoms with Crippen LogP contribution in [-0.2, 0) is 10.0 Å². The maximum atomic E-state index is 12.3. The lowest BCUT2D eigenvalue weighted by Crippen LogP contribution is -2.13. The molecule has 0 amide bonds. The fraction of sp³-hybridized carbons (Fsp3) is 0.0769. The SMILES string of the molecule is COc1ccc(Br)cc1NS(=O)(=O)c1ccc(I)cc1. The van der Waals surface area contributed by atoms with Gasteiger partial charge in [-0.25, -0.2) is 8.42 Å². The summed E-state index contributed by atoms with van der Waals surface area (Å²) in [6, 6.07) is 11.7. The van der Waals surface area contributed by atoms with Gasteiger partial charge in [0.2, 0.25) is 0 Å². The van der Waals surface area contributed by atoms with E-state index in [4.69, 9.17) is 4.74 Å². The molecule has 0 heterocycles. The highest BCUT2D eigenvalue weighted by atomic mass is 127. The number of ether oxygens (including phenoxy) is 1. The normalized spacial score (nSPS) is 11.2. The summed E-state index contributed by atoms with van der Waals surface area (Å²) in [5, 5.41) is 0. The molecule has 0 fully saturated rings. The van der Waals surface area contributed by atoms with Crippen molar-refractivity contribution in [1.82, 2.24) is 0 Å². The number of hydrogen-bond donors (Lipinski definition) is 1. The van der Waals surface area contributed by atoms with Gasteiger partial charge in [-0.2, -0.15) is 0 Å². The van der Waals surface area contributed by atoms with E-state index in [0.717, 1.165) is 8.04 Å². The number of hydrogen-bond acceptors (Lipinski definition) is 3. The Hall–Kier alpha value is -0.800. The molecule has 0 atom stereocenters. The molecular weight excluding hydrogens is 457 g/mol. The Morgan fingerprint density at radius 1 is 1.15 bits per heavy atom. The molecule has 106 valence electrons. The van der Waals surface area contributed by atoms with E-state index in [1.54, 1.807) is 42.5 Å². The monoisotopic (exact) mass is 467 g/mol. The third-order valence-corrected chi connectivity index (χ3v) is 5.12. The summed E-state index contributed by atoms with van der Waals surface area (Å²) in [6.45, 7) is 0. The van der Waals surface area contributed by atoms with Crippen LogP contribution >= 0.6 is 38.5 Å². The number of nitrogens with one attached hydrogen (secondary N) is 1. The Labute approximate surface area is 139 Å². The van der Waals surface area contributed by atoms with E-state index in [9.17, 15) is 8.42 Å². The van der Waals surface area contributed by atoms with Crippen molar-refractivity contribution in [3.05, 3.63) is 50.5 Å². The van der Waals surface area contributed by atoms with Crippen molar-refractivity contribution in [1.29, 1.82) is 0 Å². The first kappa shape index (κ1) is 15.6. The summed E-state index contributed by atoms with van der Waals surface area (Å²) in [5.41, 5.74) is 0.389. The van der Waals surface area contributed by atoms with Crippen LogP contribution in [0.15, 0.2) is 51.8 Å². The molecule has 0 spiro atoms. The third kappa shape index (κ3) is 3.64. The van der Waals surface area contributed by atoms with Crippen molar-refractivity contribution in [3.8, 4) is 5.75 Å². The summed E-state index contributed by atoms with van der Waals surface area (Å²) in [5.74, 6) is 0.460. The van der Waals surface area contributed by atoms with Gasteiger partial charge in [-0.1, -0.05) is 15.9 Å². The molecular formula is C13H11BrINO3S. The second-order valence-corrected chi connectivity index (χ2v) is 7.75. The lowest BCUT2D eigenvalue weighted by atomic mass is 10.3. The van der Waals surface area contributed by atoms with Crippen molar-refractivity contribution in [3.63, 3.8) is 0 Å². The van der Waals surface area contributed by atoms with Gasteiger partial charge in [-0.05, 0) is 65.1 Å². The van der Waals surface area contributed by atoms with Crippen molar-refractivity contribution in [2.24, 2.45) is 0 Å². The molecule has 0 aromatic heterocycles. The van der Waals surface area contributed by atoms with E-state index in [2.05, 4.69) is 43.2 Å². The maximum Gasteiger partial charge on any atom is 0.262 e. The summed E-state index contributed by atoms with van der Waals surface area (Å²) in [7, 11) is -2.14. The topological polar surface area (TPSA) is 55.4 Å². The van der Waals surface area contributed by atoms with Crippen LogP contribution in [0.1, 0.15) is 0 Å². The first-order chi connectivity index (χ1) is 9.42. The second-order valence-electron chi connectivity index (χ2n) is 3.90. The number of halogens is 2. The quantitative estimate of drug-likeness (QED) is 0.694. The van der Waals surface area contributed by atoms with Crippen LogP contribution in [0.2, 0.25) is 0 Å². The van der Waals surface area contributed by atoms with Gasteiger partial charge in [0.15, 0.2) is 0 Å². The largest absolute Gasteiger partial charge is 0.495 e. The van der Waals surface area contributed by atoms with Crippen molar-refractivity contribution in [2.45, 2.75) is 4.90 Å². The lowest BCUT2D eigenvalue weighted by molar-refractivity contribution is 0.417. The van der Waals surface area contributed by atoms with Gasteiger partial charge >= 0.3 is 0 Å². The number of anilines is 1. The molecule has 0 radical (unpaired) electrons. The number of rotatable bonds is 4. The van der Waals surface area contributed by atoms with E-state index in [1.807, 2.05) is 0 Å². The van der Waals surface area contributed by atoms with Gasteiger partial charge in [0.1, 0.15) is 5.75 Å². The van der Waals surface area contributed by atoms with Crippen LogP contribution < -0.4 is 9.46 Å². The average Bonchev–Trinajstić information content (AvgIpc) is 2.39. The van der Waals surface area contributed by atoms with Crippen LogP contribution in [0.4, 0.5) is 5.69 Å². The molecule has 0 saturated heterocycles. The molecule has 2 rings (SSSR count). The van der Waals surface area contributed by atoms with Crippen molar-refractivity contribution < 1.29 is 13.2 Å². The summed E-state index contributed by atoms with van der Waals surface area (Å²) >= 11 is 5.43. The van der Waals surface area contributed by atoms with Gasteiger partial charge < -0.3 is 4.74 Å². The Balaban J connectivity index is 2.37. The predicted molar refractivity (Wildman–Crippen MR) is 90.7 cm³/mol. The van der Waals surface area contributed by atoms with Crippen molar-refractivity contribution >= 4 is 54.2 Å². The smallest absolute Gasteiger partial charge is 0.262 e. The zero-order valence-electron chi connectivity index (χ0n) is 10.4. The Bertz CT molecular complexity index is 717. The van der Waals surface area contributed by atoms with Crippen LogP contribution in [0.3, 0.4) is 0 Å². The molecule has 7 heteroatoms. The van der Waals surface area contributed by atoms with Crippen molar-refractivity contribution in [2.75, 3.05) is 11.8 Å². The molecule has 2 aromatic carbocycles.